The van der Waals surface area contributed by atoms with Gasteiger partial charge in [-0.2, -0.15) is 0 Å². The fourth-order valence-electron chi connectivity index (χ4n) is 1.25. The third kappa shape index (κ3) is 3.03. The Kier molecular flexibility index (Phi) is 4.46. The molecule has 0 aromatic heterocycles. The SMILES string of the molecule is C=C(O[Si](CC)CC)c1ccccc1. The third-order valence-electron chi connectivity index (χ3n) is 2.15. The summed E-state index contributed by atoms with van der Waals surface area (Å²) < 4.78 is 5.84. The van der Waals surface area contributed by atoms with Gasteiger partial charge < -0.3 is 4.43 Å². The molecule has 0 unspecified atom stereocenters. The highest BCUT2D eigenvalue weighted by molar-refractivity contribution is 6.52. The Balaban J connectivity index is 2.59. The molecule has 2 heteroatoms. The van der Waals surface area contributed by atoms with Gasteiger partial charge in [-0.05, 0) is 12.1 Å². The van der Waals surface area contributed by atoms with Crippen LogP contribution in [0.1, 0.15) is 19.4 Å². The van der Waals surface area contributed by atoms with Gasteiger partial charge in [0.25, 0.3) is 9.04 Å². The first kappa shape index (κ1) is 11.1. The smallest absolute Gasteiger partial charge is 0.280 e. The summed E-state index contributed by atoms with van der Waals surface area (Å²) in [5.74, 6) is 0.822. The van der Waals surface area contributed by atoms with Gasteiger partial charge in [-0.15, -0.1) is 0 Å². The lowest BCUT2D eigenvalue weighted by atomic mass is 10.2. The molecule has 0 aliphatic carbocycles. The molecule has 1 aromatic carbocycles. The van der Waals surface area contributed by atoms with Gasteiger partial charge in [-0.25, -0.2) is 0 Å². The minimum Gasteiger partial charge on any atom is -0.542 e. The van der Waals surface area contributed by atoms with Crippen molar-refractivity contribution < 1.29 is 4.43 Å². The highest BCUT2D eigenvalue weighted by Gasteiger charge is 2.10. The lowest BCUT2D eigenvalue weighted by Crippen LogP contribution is -2.13. The molecule has 0 amide bonds. The zero-order valence-electron chi connectivity index (χ0n) is 8.92. The van der Waals surface area contributed by atoms with E-state index in [1.807, 2.05) is 30.3 Å². The van der Waals surface area contributed by atoms with Crippen LogP contribution < -0.4 is 0 Å². The maximum absolute atomic E-state index is 5.84. The first-order valence-corrected chi connectivity index (χ1v) is 6.87. The predicted octanol–water partition coefficient (Wildman–Crippen LogP) is 3.71. The van der Waals surface area contributed by atoms with E-state index < -0.39 is 9.04 Å². The molecule has 0 bridgehead atoms. The maximum Gasteiger partial charge on any atom is 0.280 e. The van der Waals surface area contributed by atoms with E-state index in [4.69, 9.17) is 4.43 Å². The Morgan fingerprint density at radius 1 is 1.21 bits per heavy atom. The molecular formula is C12H17OSi. The maximum atomic E-state index is 5.84. The number of hydrogen-bond acceptors (Lipinski definition) is 1. The molecule has 1 radical (unpaired) electrons. The molecular weight excluding hydrogens is 188 g/mol. The Hall–Kier alpha value is -1.02. The highest BCUT2D eigenvalue weighted by atomic mass is 28.3. The van der Waals surface area contributed by atoms with E-state index >= 15 is 0 Å². The summed E-state index contributed by atoms with van der Waals surface area (Å²) in [6.07, 6.45) is 0. The summed E-state index contributed by atoms with van der Waals surface area (Å²) in [6, 6.07) is 12.4. The van der Waals surface area contributed by atoms with Crippen molar-refractivity contribution in [3.05, 3.63) is 42.5 Å². The minimum absolute atomic E-state index is 0.669. The predicted molar refractivity (Wildman–Crippen MR) is 63.3 cm³/mol. The van der Waals surface area contributed by atoms with Gasteiger partial charge in [0.05, 0.1) is 0 Å². The average molecular weight is 205 g/mol. The van der Waals surface area contributed by atoms with Crippen LogP contribution in [0.2, 0.25) is 12.1 Å². The summed E-state index contributed by atoms with van der Waals surface area (Å²) in [5.41, 5.74) is 1.09. The second-order valence-corrected chi connectivity index (χ2v) is 5.83. The zero-order chi connectivity index (χ0) is 10.4. The topological polar surface area (TPSA) is 9.23 Å². The van der Waals surface area contributed by atoms with Crippen LogP contribution in [0, 0.1) is 0 Å². The van der Waals surface area contributed by atoms with E-state index in [0.29, 0.717) is 0 Å². The molecule has 0 heterocycles. The lowest BCUT2D eigenvalue weighted by molar-refractivity contribution is 0.525. The second kappa shape index (κ2) is 5.65. The third-order valence-corrected chi connectivity index (χ3v) is 4.26. The van der Waals surface area contributed by atoms with E-state index in [1.54, 1.807) is 0 Å². The Morgan fingerprint density at radius 2 is 1.79 bits per heavy atom. The highest BCUT2D eigenvalue weighted by Crippen LogP contribution is 2.16. The van der Waals surface area contributed by atoms with Crippen molar-refractivity contribution in [2.24, 2.45) is 0 Å². The zero-order valence-corrected chi connectivity index (χ0v) is 9.92. The molecule has 0 saturated heterocycles. The molecule has 0 aliphatic rings. The van der Waals surface area contributed by atoms with Gasteiger partial charge in [-0.1, -0.05) is 50.8 Å². The van der Waals surface area contributed by atoms with Gasteiger partial charge in [-0.3, -0.25) is 0 Å². The van der Waals surface area contributed by atoms with Crippen molar-refractivity contribution in [2.45, 2.75) is 25.9 Å². The summed E-state index contributed by atoms with van der Waals surface area (Å²) in [6.45, 7) is 8.32. The molecule has 1 rings (SSSR count). The molecule has 0 fully saturated rings. The van der Waals surface area contributed by atoms with Gasteiger partial charge in [0, 0.05) is 5.56 Å². The Morgan fingerprint density at radius 3 is 2.29 bits per heavy atom. The van der Waals surface area contributed by atoms with Gasteiger partial charge in [0.1, 0.15) is 5.76 Å². The normalized spacial score (nSPS) is 10.2. The van der Waals surface area contributed by atoms with Gasteiger partial charge in [0.2, 0.25) is 0 Å². The van der Waals surface area contributed by atoms with Crippen LogP contribution in [0.3, 0.4) is 0 Å². The van der Waals surface area contributed by atoms with E-state index in [2.05, 4.69) is 20.4 Å². The molecule has 75 valence electrons. The molecule has 1 nitrogen and oxygen atoms in total. The summed E-state index contributed by atoms with van der Waals surface area (Å²) in [5, 5.41) is 0. The lowest BCUT2D eigenvalue weighted by Gasteiger charge is -2.15. The van der Waals surface area contributed by atoms with Gasteiger partial charge >= 0.3 is 0 Å². The summed E-state index contributed by atoms with van der Waals surface area (Å²) in [4.78, 5) is 0. The Labute approximate surface area is 88.1 Å². The standard InChI is InChI=1S/C12H17OSi/c1-4-14(5-2)13-11(3)12-9-7-6-8-10-12/h6-10H,3-5H2,1-2H3. The number of benzene rings is 1. The van der Waals surface area contributed by atoms with E-state index in [9.17, 15) is 0 Å². The van der Waals surface area contributed by atoms with Crippen LogP contribution in [-0.4, -0.2) is 9.04 Å². The molecule has 0 aliphatic heterocycles. The fraction of sp³-hybridized carbons (Fsp3) is 0.333. The molecule has 14 heavy (non-hydrogen) atoms. The van der Waals surface area contributed by atoms with Crippen molar-refractivity contribution in [3.63, 3.8) is 0 Å². The van der Waals surface area contributed by atoms with Crippen molar-refractivity contribution in [1.82, 2.24) is 0 Å². The van der Waals surface area contributed by atoms with Crippen LogP contribution in [-0.2, 0) is 4.43 Å². The number of rotatable bonds is 5. The molecule has 0 atom stereocenters. The second-order valence-electron chi connectivity index (χ2n) is 3.14. The summed E-state index contributed by atoms with van der Waals surface area (Å²) in [7, 11) is -0.669. The Bertz CT molecular complexity index is 278. The van der Waals surface area contributed by atoms with Crippen LogP contribution >= 0.6 is 0 Å². The first-order chi connectivity index (χ1) is 6.77. The number of hydrogen-bond donors (Lipinski definition) is 0. The fourth-order valence-corrected chi connectivity index (χ4v) is 2.51. The average Bonchev–Trinajstić information content (AvgIpc) is 2.26. The molecule has 1 aromatic rings. The monoisotopic (exact) mass is 205 g/mol. The summed E-state index contributed by atoms with van der Waals surface area (Å²) >= 11 is 0. The largest absolute Gasteiger partial charge is 0.542 e. The quantitative estimate of drug-likeness (QED) is 0.526. The molecule has 0 saturated carbocycles. The van der Waals surface area contributed by atoms with E-state index in [0.717, 1.165) is 23.4 Å². The van der Waals surface area contributed by atoms with Crippen molar-refractivity contribution in [2.75, 3.05) is 0 Å². The molecule has 0 N–H and O–H groups in total. The van der Waals surface area contributed by atoms with Crippen molar-refractivity contribution in [3.8, 4) is 0 Å². The van der Waals surface area contributed by atoms with E-state index in [-0.39, 0.29) is 0 Å². The van der Waals surface area contributed by atoms with Crippen LogP contribution in [0.5, 0.6) is 0 Å². The van der Waals surface area contributed by atoms with Crippen LogP contribution in [0.15, 0.2) is 36.9 Å². The van der Waals surface area contributed by atoms with E-state index in [1.165, 1.54) is 0 Å². The van der Waals surface area contributed by atoms with Crippen LogP contribution in [0.25, 0.3) is 5.76 Å². The first-order valence-electron chi connectivity index (χ1n) is 5.04. The minimum atomic E-state index is -0.669. The van der Waals surface area contributed by atoms with Gasteiger partial charge in [0.15, 0.2) is 0 Å². The van der Waals surface area contributed by atoms with Crippen molar-refractivity contribution in [1.29, 1.82) is 0 Å². The molecule has 0 spiro atoms. The van der Waals surface area contributed by atoms with Crippen LogP contribution in [0.4, 0.5) is 0 Å². The van der Waals surface area contributed by atoms with Crippen molar-refractivity contribution >= 4 is 14.8 Å².